The number of hydrogen-bond donors (Lipinski definition) is 2. The number of benzene rings is 2. The van der Waals surface area contributed by atoms with E-state index in [4.69, 9.17) is 14.6 Å². The molecule has 0 heterocycles. The summed E-state index contributed by atoms with van der Waals surface area (Å²) in [5.41, 5.74) is 2.23. The van der Waals surface area contributed by atoms with Crippen molar-refractivity contribution in [2.75, 3.05) is 13.2 Å². The van der Waals surface area contributed by atoms with Gasteiger partial charge in [0.1, 0.15) is 24.7 Å². The fourth-order valence-corrected chi connectivity index (χ4v) is 2.57. The molecule has 0 unspecified atom stereocenters. The second kappa shape index (κ2) is 11.6. The SMILES string of the molecule is CCCc1ccc(OCCOc2ccc(CNC(=O)CCC(=O)O)cc2)cc1. The van der Waals surface area contributed by atoms with Gasteiger partial charge in [-0.3, -0.25) is 9.59 Å². The molecule has 0 bridgehead atoms. The second-order valence-electron chi connectivity index (χ2n) is 6.41. The Morgan fingerprint density at radius 2 is 1.39 bits per heavy atom. The topological polar surface area (TPSA) is 84.9 Å². The van der Waals surface area contributed by atoms with Crippen molar-refractivity contribution in [3.63, 3.8) is 0 Å². The van der Waals surface area contributed by atoms with Crippen LogP contribution in [0.3, 0.4) is 0 Å². The third-order valence-corrected chi connectivity index (χ3v) is 4.06. The van der Waals surface area contributed by atoms with Crippen molar-refractivity contribution >= 4 is 11.9 Å². The Balaban J connectivity index is 1.65. The van der Waals surface area contributed by atoms with Gasteiger partial charge in [-0.25, -0.2) is 0 Å². The van der Waals surface area contributed by atoms with E-state index in [1.54, 1.807) is 0 Å². The molecule has 0 saturated heterocycles. The Kier molecular flexibility index (Phi) is 8.85. The van der Waals surface area contributed by atoms with Gasteiger partial charge < -0.3 is 19.9 Å². The van der Waals surface area contributed by atoms with E-state index in [0.717, 1.165) is 29.9 Å². The van der Waals surface area contributed by atoms with E-state index >= 15 is 0 Å². The summed E-state index contributed by atoms with van der Waals surface area (Å²) >= 11 is 0. The Morgan fingerprint density at radius 1 is 0.857 bits per heavy atom. The maximum atomic E-state index is 11.5. The molecule has 28 heavy (non-hydrogen) atoms. The summed E-state index contributed by atoms with van der Waals surface area (Å²) in [5, 5.41) is 11.3. The summed E-state index contributed by atoms with van der Waals surface area (Å²) < 4.78 is 11.3. The summed E-state index contributed by atoms with van der Waals surface area (Å²) in [7, 11) is 0. The van der Waals surface area contributed by atoms with Crippen LogP contribution >= 0.6 is 0 Å². The fraction of sp³-hybridized carbons (Fsp3) is 0.364. The molecule has 2 aromatic rings. The van der Waals surface area contributed by atoms with Crippen LogP contribution in [0.5, 0.6) is 11.5 Å². The molecule has 0 aliphatic heterocycles. The molecule has 0 aromatic heterocycles. The number of rotatable bonds is 12. The highest BCUT2D eigenvalue weighted by molar-refractivity contribution is 5.80. The third-order valence-electron chi connectivity index (χ3n) is 4.06. The summed E-state index contributed by atoms with van der Waals surface area (Å²) in [6, 6.07) is 15.5. The lowest BCUT2D eigenvalue weighted by Crippen LogP contribution is -2.23. The lowest BCUT2D eigenvalue weighted by atomic mass is 10.1. The first-order valence-corrected chi connectivity index (χ1v) is 9.49. The van der Waals surface area contributed by atoms with E-state index in [-0.39, 0.29) is 18.7 Å². The lowest BCUT2D eigenvalue weighted by Gasteiger charge is -2.10. The van der Waals surface area contributed by atoms with E-state index in [1.165, 1.54) is 5.56 Å². The molecule has 0 aliphatic rings. The number of aryl methyl sites for hydroxylation is 1. The van der Waals surface area contributed by atoms with Crippen LogP contribution in [-0.2, 0) is 22.6 Å². The van der Waals surface area contributed by atoms with Gasteiger partial charge in [-0.05, 0) is 41.8 Å². The van der Waals surface area contributed by atoms with E-state index in [2.05, 4.69) is 24.4 Å². The minimum absolute atomic E-state index is 0.0160. The largest absolute Gasteiger partial charge is 0.490 e. The maximum absolute atomic E-state index is 11.5. The Labute approximate surface area is 165 Å². The zero-order valence-corrected chi connectivity index (χ0v) is 16.1. The molecule has 2 aromatic carbocycles. The van der Waals surface area contributed by atoms with Crippen LogP contribution in [0.15, 0.2) is 48.5 Å². The van der Waals surface area contributed by atoms with Gasteiger partial charge in [0.05, 0.1) is 6.42 Å². The van der Waals surface area contributed by atoms with Crippen molar-refractivity contribution in [1.29, 1.82) is 0 Å². The average Bonchev–Trinajstić information content (AvgIpc) is 2.70. The van der Waals surface area contributed by atoms with Gasteiger partial charge in [-0.2, -0.15) is 0 Å². The monoisotopic (exact) mass is 385 g/mol. The molecule has 0 atom stereocenters. The number of hydrogen-bond acceptors (Lipinski definition) is 4. The van der Waals surface area contributed by atoms with Crippen molar-refractivity contribution in [2.24, 2.45) is 0 Å². The number of carboxylic acids is 1. The number of carboxylic acid groups (broad SMARTS) is 1. The maximum Gasteiger partial charge on any atom is 0.303 e. The van der Waals surface area contributed by atoms with Crippen LogP contribution in [0.25, 0.3) is 0 Å². The van der Waals surface area contributed by atoms with Gasteiger partial charge in [0.2, 0.25) is 5.91 Å². The average molecular weight is 385 g/mol. The zero-order chi connectivity index (χ0) is 20.2. The molecule has 0 aliphatic carbocycles. The van der Waals surface area contributed by atoms with Gasteiger partial charge in [-0.15, -0.1) is 0 Å². The normalized spacial score (nSPS) is 10.3. The van der Waals surface area contributed by atoms with Crippen molar-refractivity contribution < 1.29 is 24.2 Å². The quantitative estimate of drug-likeness (QED) is 0.546. The summed E-state index contributed by atoms with van der Waals surface area (Å²) in [5.74, 6) is 0.303. The first-order valence-electron chi connectivity index (χ1n) is 9.49. The van der Waals surface area contributed by atoms with Gasteiger partial charge >= 0.3 is 5.97 Å². The van der Waals surface area contributed by atoms with Crippen molar-refractivity contribution in [3.05, 3.63) is 59.7 Å². The number of ether oxygens (including phenoxy) is 2. The van der Waals surface area contributed by atoms with Crippen LogP contribution in [0.1, 0.15) is 37.3 Å². The minimum atomic E-state index is -0.978. The number of carbonyl (C=O) groups excluding carboxylic acids is 1. The highest BCUT2D eigenvalue weighted by atomic mass is 16.5. The van der Waals surface area contributed by atoms with Gasteiger partial charge in [0.15, 0.2) is 0 Å². The fourth-order valence-electron chi connectivity index (χ4n) is 2.57. The molecule has 6 heteroatoms. The summed E-state index contributed by atoms with van der Waals surface area (Å²) in [6.07, 6.45) is 2.02. The van der Waals surface area contributed by atoms with Crippen LogP contribution in [-0.4, -0.2) is 30.2 Å². The Morgan fingerprint density at radius 3 is 1.89 bits per heavy atom. The van der Waals surface area contributed by atoms with E-state index in [0.29, 0.717) is 19.8 Å². The Bertz CT molecular complexity index is 741. The predicted octanol–water partition coefficient (Wildman–Crippen LogP) is 3.58. The van der Waals surface area contributed by atoms with Gasteiger partial charge in [-0.1, -0.05) is 37.6 Å². The zero-order valence-electron chi connectivity index (χ0n) is 16.1. The summed E-state index contributed by atoms with van der Waals surface area (Å²) in [4.78, 5) is 22.0. The first-order chi connectivity index (χ1) is 13.6. The molecule has 2 rings (SSSR count). The molecule has 0 radical (unpaired) electrons. The molecule has 0 saturated carbocycles. The molecule has 150 valence electrons. The van der Waals surface area contributed by atoms with Crippen LogP contribution in [0.2, 0.25) is 0 Å². The molecule has 6 nitrogen and oxygen atoms in total. The molecule has 0 fully saturated rings. The molecular formula is C22H27NO5. The molecular weight excluding hydrogens is 358 g/mol. The third kappa shape index (κ3) is 8.12. The van der Waals surface area contributed by atoms with Crippen LogP contribution < -0.4 is 14.8 Å². The van der Waals surface area contributed by atoms with Crippen LogP contribution in [0, 0.1) is 0 Å². The predicted molar refractivity (Wildman–Crippen MR) is 107 cm³/mol. The van der Waals surface area contributed by atoms with E-state index < -0.39 is 5.97 Å². The van der Waals surface area contributed by atoms with Gasteiger partial charge in [0, 0.05) is 13.0 Å². The van der Waals surface area contributed by atoms with Crippen molar-refractivity contribution in [1.82, 2.24) is 5.32 Å². The minimum Gasteiger partial charge on any atom is -0.490 e. The van der Waals surface area contributed by atoms with E-state index in [9.17, 15) is 9.59 Å². The lowest BCUT2D eigenvalue weighted by molar-refractivity contribution is -0.138. The summed E-state index contributed by atoms with van der Waals surface area (Å²) in [6.45, 7) is 3.40. The highest BCUT2D eigenvalue weighted by Gasteiger charge is 2.05. The molecule has 1 amide bonds. The second-order valence-corrected chi connectivity index (χ2v) is 6.41. The van der Waals surface area contributed by atoms with E-state index in [1.807, 2.05) is 36.4 Å². The highest BCUT2D eigenvalue weighted by Crippen LogP contribution is 2.14. The van der Waals surface area contributed by atoms with Crippen molar-refractivity contribution in [3.8, 4) is 11.5 Å². The number of aliphatic carboxylic acids is 1. The standard InChI is InChI=1S/C22H27NO5/c1-2-3-17-4-8-19(9-5-17)27-14-15-28-20-10-6-18(7-11-20)16-23-21(24)12-13-22(25)26/h4-11H,2-3,12-16H2,1H3,(H,23,24)(H,25,26). The smallest absolute Gasteiger partial charge is 0.303 e. The first kappa shape index (κ1) is 21.3. The molecule has 2 N–H and O–H groups in total. The molecule has 0 spiro atoms. The number of nitrogens with one attached hydrogen (secondary N) is 1. The van der Waals surface area contributed by atoms with Crippen LogP contribution in [0.4, 0.5) is 0 Å². The Hall–Kier alpha value is -3.02. The van der Waals surface area contributed by atoms with Gasteiger partial charge in [0.25, 0.3) is 0 Å². The number of carbonyl (C=O) groups is 2. The van der Waals surface area contributed by atoms with Crippen molar-refractivity contribution in [2.45, 2.75) is 39.2 Å². The number of amides is 1.